The highest BCUT2D eigenvalue weighted by molar-refractivity contribution is 5.68. The van der Waals surface area contributed by atoms with E-state index in [2.05, 4.69) is 26.9 Å². The molecule has 0 fully saturated rings. The molecule has 1 N–H and O–H groups in total. The van der Waals surface area contributed by atoms with Crippen molar-refractivity contribution in [3.05, 3.63) is 18.3 Å². The van der Waals surface area contributed by atoms with Gasteiger partial charge in [0.05, 0.1) is 6.20 Å². The van der Waals surface area contributed by atoms with Gasteiger partial charge in [-0.15, -0.1) is 0 Å². The molecule has 0 amide bonds. The average Bonchev–Trinajstić information content (AvgIpc) is 2.80. The summed E-state index contributed by atoms with van der Waals surface area (Å²) in [6.07, 6.45) is 13.7. The standard InChI is InChI=1S/C14H22N4/c1-2-3-4-5-6-7-8-9-13-17-12-10-15-11-16-14(12)18-13/h10-11H,2-9H2,1H3,(H,15,16,17,18). The van der Waals surface area contributed by atoms with E-state index in [1.54, 1.807) is 12.5 Å². The summed E-state index contributed by atoms with van der Waals surface area (Å²) < 4.78 is 0. The van der Waals surface area contributed by atoms with E-state index < -0.39 is 0 Å². The highest BCUT2D eigenvalue weighted by atomic mass is 15.0. The van der Waals surface area contributed by atoms with Crippen molar-refractivity contribution >= 4 is 11.2 Å². The fourth-order valence-electron chi connectivity index (χ4n) is 2.18. The zero-order valence-corrected chi connectivity index (χ0v) is 11.2. The molecule has 0 atom stereocenters. The molecule has 2 rings (SSSR count). The molecular formula is C14H22N4. The molecule has 0 unspecified atom stereocenters. The Hall–Kier alpha value is -1.45. The minimum absolute atomic E-state index is 0.781. The SMILES string of the molecule is CCCCCCCCCc1nc2ncncc2[nH]1. The Morgan fingerprint density at radius 2 is 1.83 bits per heavy atom. The second-order valence-electron chi connectivity index (χ2n) is 4.81. The van der Waals surface area contributed by atoms with Crippen LogP contribution in [-0.4, -0.2) is 19.9 Å². The van der Waals surface area contributed by atoms with Gasteiger partial charge in [-0.3, -0.25) is 0 Å². The lowest BCUT2D eigenvalue weighted by Gasteiger charge is -1.99. The number of aryl methyl sites for hydroxylation is 1. The van der Waals surface area contributed by atoms with Crippen molar-refractivity contribution in [3.8, 4) is 0 Å². The zero-order chi connectivity index (χ0) is 12.6. The topological polar surface area (TPSA) is 54.5 Å². The van der Waals surface area contributed by atoms with Crippen LogP contribution in [0.1, 0.15) is 57.7 Å². The first-order valence-corrected chi connectivity index (χ1v) is 7.04. The monoisotopic (exact) mass is 246 g/mol. The number of nitrogens with zero attached hydrogens (tertiary/aromatic N) is 3. The molecule has 0 saturated heterocycles. The van der Waals surface area contributed by atoms with Gasteiger partial charge in [0.2, 0.25) is 0 Å². The largest absolute Gasteiger partial charge is 0.339 e. The van der Waals surface area contributed by atoms with Gasteiger partial charge in [-0.2, -0.15) is 0 Å². The summed E-state index contributed by atoms with van der Waals surface area (Å²) in [5, 5.41) is 0. The van der Waals surface area contributed by atoms with E-state index in [1.807, 2.05) is 0 Å². The number of nitrogens with one attached hydrogen (secondary N) is 1. The Bertz CT molecular complexity index is 431. The highest BCUT2D eigenvalue weighted by Gasteiger charge is 2.02. The zero-order valence-electron chi connectivity index (χ0n) is 11.2. The Morgan fingerprint density at radius 1 is 1.06 bits per heavy atom. The van der Waals surface area contributed by atoms with Crippen molar-refractivity contribution in [1.82, 2.24) is 19.9 Å². The number of hydrogen-bond donors (Lipinski definition) is 1. The van der Waals surface area contributed by atoms with Crippen molar-refractivity contribution in [2.24, 2.45) is 0 Å². The summed E-state index contributed by atoms with van der Waals surface area (Å²) in [5.41, 5.74) is 1.72. The van der Waals surface area contributed by atoms with Crippen molar-refractivity contribution in [1.29, 1.82) is 0 Å². The molecule has 0 aliphatic carbocycles. The van der Waals surface area contributed by atoms with E-state index in [9.17, 15) is 0 Å². The Kier molecular flexibility index (Phi) is 5.12. The van der Waals surface area contributed by atoms with Gasteiger partial charge < -0.3 is 4.98 Å². The van der Waals surface area contributed by atoms with Gasteiger partial charge in [-0.05, 0) is 6.42 Å². The lowest BCUT2D eigenvalue weighted by atomic mass is 10.1. The Balaban J connectivity index is 1.67. The van der Waals surface area contributed by atoms with Gasteiger partial charge >= 0.3 is 0 Å². The predicted octanol–water partition coefficient (Wildman–Crippen LogP) is 3.65. The molecule has 4 nitrogen and oxygen atoms in total. The highest BCUT2D eigenvalue weighted by Crippen LogP contribution is 2.11. The van der Waals surface area contributed by atoms with Crippen LogP contribution >= 0.6 is 0 Å². The minimum Gasteiger partial charge on any atom is -0.339 e. The number of aromatic amines is 1. The van der Waals surface area contributed by atoms with Crippen molar-refractivity contribution in [3.63, 3.8) is 0 Å². The summed E-state index contributed by atoms with van der Waals surface area (Å²) in [5.74, 6) is 1.04. The van der Waals surface area contributed by atoms with Crippen LogP contribution in [-0.2, 0) is 6.42 Å². The van der Waals surface area contributed by atoms with E-state index in [4.69, 9.17) is 0 Å². The third kappa shape index (κ3) is 3.79. The number of hydrogen-bond acceptors (Lipinski definition) is 3. The molecular weight excluding hydrogens is 224 g/mol. The first kappa shape index (κ1) is 13.0. The molecule has 2 heterocycles. The summed E-state index contributed by atoms with van der Waals surface area (Å²) >= 11 is 0. The molecule has 0 bridgehead atoms. The third-order valence-electron chi connectivity index (χ3n) is 3.23. The van der Waals surface area contributed by atoms with Crippen molar-refractivity contribution < 1.29 is 0 Å². The summed E-state index contributed by atoms with van der Waals surface area (Å²) in [6, 6.07) is 0. The van der Waals surface area contributed by atoms with Crippen LogP contribution in [0.25, 0.3) is 11.2 Å². The van der Waals surface area contributed by atoms with E-state index in [0.29, 0.717) is 0 Å². The smallest absolute Gasteiger partial charge is 0.180 e. The number of imidazole rings is 1. The molecule has 0 aliphatic rings. The molecule has 18 heavy (non-hydrogen) atoms. The summed E-state index contributed by atoms with van der Waals surface area (Å²) in [7, 11) is 0. The normalized spacial score (nSPS) is 11.2. The summed E-state index contributed by atoms with van der Waals surface area (Å²) in [4.78, 5) is 15.8. The minimum atomic E-state index is 0.781. The van der Waals surface area contributed by atoms with Crippen LogP contribution in [0.2, 0.25) is 0 Å². The van der Waals surface area contributed by atoms with Gasteiger partial charge in [0.25, 0.3) is 0 Å². The number of fused-ring (bicyclic) bond motifs is 1. The maximum absolute atomic E-state index is 4.45. The summed E-state index contributed by atoms with van der Waals surface area (Å²) in [6.45, 7) is 2.25. The molecule has 98 valence electrons. The number of H-pyrrole nitrogens is 1. The van der Waals surface area contributed by atoms with Crippen LogP contribution in [0.3, 0.4) is 0 Å². The number of rotatable bonds is 8. The average molecular weight is 246 g/mol. The van der Waals surface area contributed by atoms with Gasteiger partial charge in [0.1, 0.15) is 17.7 Å². The van der Waals surface area contributed by atoms with E-state index in [1.165, 1.54) is 44.9 Å². The van der Waals surface area contributed by atoms with E-state index in [-0.39, 0.29) is 0 Å². The van der Waals surface area contributed by atoms with Gasteiger partial charge in [-0.25, -0.2) is 15.0 Å². The van der Waals surface area contributed by atoms with Crippen LogP contribution in [0.15, 0.2) is 12.5 Å². The Labute approximate surface area is 108 Å². The predicted molar refractivity (Wildman–Crippen MR) is 73.4 cm³/mol. The van der Waals surface area contributed by atoms with Crippen LogP contribution in [0, 0.1) is 0 Å². The van der Waals surface area contributed by atoms with Crippen molar-refractivity contribution in [2.75, 3.05) is 0 Å². The second kappa shape index (κ2) is 7.09. The fourth-order valence-corrected chi connectivity index (χ4v) is 2.18. The van der Waals surface area contributed by atoms with Crippen LogP contribution < -0.4 is 0 Å². The molecule has 0 saturated carbocycles. The van der Waals surface area contributed by atoms with Crippen LogP contribution in [0.4, 0.5) is 0 Å². The number of aromatic nitrogens is 4. The Morgan fingerprint density at radius 3 is 2.61 bits per heavy atom. The van der Waals surface area contributed by atoms with E-state index in [0.717, 1.165) is 23.4 Å². The molecule has 0 radical (unpaired) electrons. The van der Waals surface area contributed by atoms with Crippen LogP contribution in [0.5, 0.6) is 0 Å². The van der Waals surface area contributed by atoms with Gasteiger partial charge in [0, 0.05) is 6.42 Å². The molecule has 2 aromatic heterocycles. The lowest BCUT2D eigenvalue weighted by molar-refractivity contribution is 0.585. The van der Waals surface area contributed by atoms with Crippen molar-refractivity contribution in [2.45, 2.75) is 58.3 Å². The molecule has 0 aliphatic heterocycles. The lowest BCUT2D eigenvalue weighted by Crippen LogP contribution is -1.88. The first-order valence-electron chi connectivity index (χ1n) is 7.04. The van der Waals surface area contributed by atoms with Gasteiger partial charge in [-0.1, -0.05) is 45.4 Å². The molecule has 0 aromatic carbocycles. The molecule has 2 aromatic rings. The maximum Gasteiger partial charge on any atom is 0.180 e. The van der Waals surface area contributed by atoms with E-state index >= 15 is 0 Å². The second-order valence-corrected chi connectivity index (χ2v) is 4.81. The molecule has 0 spiro atoms. The first-order chi connectivity index (χ1) is 8.90. The maximum atomic E-state index is 4.45. The van der Waals surface area contributed by atoms with Gasteiger partial charge in [0.15, 0.2) is 5.65 Å². The fraction of sp³-hybridized carbons (Fsp3) is 0.643. The third-order valence-corrected chi connectivity index (χ3v) is 3.23. The number of unbranched alkanes of at least 4 members (excludes halogenated alkanes) is 6. The quantitative estimate of drug-likeness (QED) is 0.723. The molecule has 4 heteroatoms.